The standard InChI is InChI=1S/C23H30N4O4/c1-26(17-23(29)25-20-7-9-21(30-2)10-8-20)16-22(28)24-19-5-3-18(4-6-19)15-27-11-13-31-14-12-27/h3-10H,11-17H2,1-2H3,(H,24,28)(H,25,29). The van der Waals surface area contributed by atoms with Crippen molar-refractivity contribution in [2.45, 2.75) is 6.54 Å². The van der Waals surface area contributed by atoms with Crippen molar-refractivity contribution in [1.82, 2.24) is 9.80 Å². The molecule has 0 saturated carbocycles. The smallest absolute Gasteiger partial charge is 0.238 e. The third-order valence-corrected chi connectivity index (χ3v) is 4.95. The highest BCUT2D eigenvalue weighted by molar-refractivity contribution is 5.94. The van der Waals surface area contributed by atoms with E-state index in [-0.39, 0.29) is 24.9 Å². The molecular weight excluding hydrogens is 396 g/mol. The molecule has 8 heteroatoms. The average Bonchev–Trinajstić information content (AvgIpc) is 2.76. The first-order valence-electron chi connectivity index (χ1n) is 10.3. The predicted molar refractivity (Wildman–Crippen MR) is 120 cm³/mol. The van der Waals surface area contributed by atoms with Crippen LogP contribution in [0.25, 0.3) is 0 Å². The molecule has 0 radical (unpaired) electrons. The molecule has 0 aromatic heterocycles. The van der Waals surface area contributed by atoms with Gasteiger partial charge in [-0.2, -0.15) is 0 Å². The Morgan fingerprint density at radius 1 is 0.935 bits per heavy atom. The lowest BCUT2D eigenvalue weighted by molar-refractivity contribution is -0.119. The Bertz CT molecular complexity index is 849. The summed E-state index contributed by atoms with van der Waals surface area (Å²) in [5.41, 5.74) is 2.62. The van der Waals surface area contributed by atoms with E-state index in [9.17, 15) is 9.59 Å². The fraction of sp³-hybridized carbons (Fsp3) is 0.391. The van der Waals surface area contributed by atoms with Crippen LogP contribution < -0.4 is 15.4 Å². The second-order valence-corrected chi connectivity index (χ2v) is 7.58. The Labute approximate surface area is 183 Å². The highest BCUT2D eigenvalue weighted by atomic mass is 16.5. The molecule has 3 rings (SSSR count). The van der Waals surface area contributed by atoms with Gasteiger partial charge in [0.2, 0.25) is 11.8 Å². The molecule has 8 nitrogen and oxygen atoms in total. The first kappa shape index (κ1) is 22.7. The van der Waals surface area contributed by atoms with E-state index in [1.807, 2.05) is 24.3 Å². The van der Waals surface area contributed by atoms with Crippen molar-refractivity contribution in [1.29, 1.82) is 0 Å². The van der Waals surface area contributed by atoms with Crippen LogP contribution in [0.15, 0.2) is 48.5 Å². The number of methoxy groups -OCH3 is 1. The highest BCUT2D eigenvalue weighted by Gasteiger charge is 2.13. The minimum atomic E-state index is -0.187. The average molecular weight is 427 g/mol. The van der Waals surface area contributed by atoms with Gasteiger partial charge in [0.25, 0.3) is 0 Å². The maximum atomic E-state index is 12.3. The van der Waals surface area contributed by atoms with Crippen LogP contribution in [0, 0.1) is 0 Å². The van der Waals surface area contributed by atoms with Crippen LogP contribution in [0.3, 0.4) is 0 Å². The molecule has 0 atom stereocenters. The van der Waals surface area contributed by atoms with E-state index in [2.05, 4.69) is 15.5 Å². The SMILES string of the molecule is COc1ccc(NC(=O)CN(C)CC(=O)Nc2ccc(CN3CCOCC3)cc2)cc1. The van der Waals surface area contributed by atoms with Crippen molar-refractivity contribution in [3.63, 3.8) is 0 Å². The van der Waals surface area contributed by atoms with Gasteiger partial charge in [0, 0.05) is 31.0 Å². The number of anilines is 2. The number of carbonyl (C=O) groups is 2. The fourth-order valence-electron chi connectivity index (χ4n) is 3.33. The van der Waals surface area contributed by atoms with Gasteiger partial charge in [0.05, 0.1) is 33.4 Å². The number of benzene rings is 2. The zero-order valence-corrected chi connectivity index (χ0v) is 18.1. The third kappa shape index (κ3) is 7.67. The van der Waals surface area contributed by atoms with Crippen LogP contribution in [-0.4, -0.2) is 75.2 Å². The maximum absolute atomic E-state index is 12.3. The number of nitrogens with one attached hydrogen (secondary N) is 2. The minimum absolute atomic E-state index is 0.109. The van der Waals surface area contributed by atoms with Crippen molar-refractivity contribution in [3.8, 4) is 5.75 Å². The summed E-state index contributed by atoms with van der Waals surface area (Å²) in [6.07, 6.45) is 0. The van der Waals surface area contributed by atoms with Gasteiger partial charge in [-0.05, 0) is 49.0 Å². The zero-order valence-electron chi connectivity index (χ0n) is 18.1. The first-order chi connectivity index (χ1) is 15.0. The maximum Gasteiger partial charge on any atom is 0.238 e. The lowest BCUT2D eigenvalue weighted by Crippen LogP contribution is -2.36. The summed E-state index contributed by atoms with van der Waals surface area (Å²) in [4.78, 5) is 28.5. The lowest BCUT2D eigenvalue weighted by Gasteiger charge is -2.26. The normalized spacial score (nSPS) is 14.3. The summed E-state index contributed by atoms with van der Waals surface area (Å²) in [7, 11) is 3.33. The van der Waals surface area contributed by atoms with Crippen molar-refractivity contribution < 1.29 is 19.1 Å². The van der Waals surface area contributed by atoms with E-state index < -0.39 is 0 Å². The molecule has 1 aliphatic rings. The van der Waals surface area contributed by atoms with Gasteiger partial charge in [-0.3, -0.25) is 19.4 Å². The quantitative estimate of drug-likeness (QED) is 0.639. The van der Waals surface area contributed by atoms with Gasteiger partial charge < -0.3 is 20.1 Å². The van der Waals surface area contributed by atoms with Gasteiger partial charge >= 0.3 is 0 Å². The molecule has 1 saturated heterocycles. The van der Waals surface area contributed by atoms with Crippen LogP contribution in [0.1, 0.15) is 5.56 Å². The Balaban J connectivity index is 1.40. The van der Waals surface area contributed by atoms with Crippen molar-refractivity contribution in [2.24, 2.45) is 0 Å². The van der Waals surface area contributed by atoms with Crippen LogP contribution in [0.2, 0.25) is 0 Å². The molecule has 2 amide bonds. The zero-order chi connectivity index (χ0) is 22.1. The van der Waals surface area contributed by atoms with Crippen LogP contribution >= 0.6 is 0 Å². The highest BCUT2D eigenvalue weighted by Crippen LogP contribution is 2.15. The summed E-state index contributed by atoms with van der Waals surface area (Å²) >= 11 is 0. The molecule has 0 aliphatic carbocycles. The summed E-state index contributed by atoms with van der Waals surface area (Å²) < 4.78 is 10.5. The largest absolute Gasteiger partial charge is 0.497 e. The molecule has 1 fully saturated rings. The van der Waals surface area contributed by atoms with E-state index in [0.29, 0.717) is 5.69 Å². The number of carbonyl (C=O) groups excluding carboxylic acids is 2. The predicted octanol–water partition coefficient (Wildman–Crippen LogP) is 2.04. The number of morpholine rings is 1. The molecular formula is C23H30N4O4. The monoisotopic (exact) mass is 426 g/mol. The number of nitrogens with zero attached hydrogens (tertiary/aromatic N) is 2. The Morgan fingerprint density at radius 3 is 1.97 bits per heavy atom. The van der Waals surface area contributed by atoms with E-state index in [4.69, 9.17) is 9.47 Å². The summed E-state index contributed by atoms with van der Waals surface area (Å²) in [5, 5.41) is 5.69. The van der Waals surface area contributed by atoms with Crippen LogP contribution in [0.5, 0.6) is 5.75 Å². The van der Waals surface area contributed by atoms with Gasteiger partial charge in [0.1, 0.15) is 5.75 Å². The molecule has 2 N–H and O–H groups in total. The van der Waals surface area contributed by atoms with E-state index in [0.717, 1.165) is 44.3 Å². The van der Waals surface area contributed by atoms with E-state index in [1.54, 1.807) is 43.3 Å². The minimum Gasteiger partial charge on any atom is -0.497 e. The molecule has 2 aromatic carbocycles. The van der Waals surface area contributed by atoms with Crippen molar-refractivity contribution >= 4 is 23.2 Å². The second kappa shape index (κ2) is 11.5. The number of hydrogen-bond donors (Lipinski definition) is 2. The number of hydrogen-bond acceptors (Lipinski definition) is 6. The number of amides is 2. The van der Waals surface area contributed by atoms with Crippen molar-refractivity contribution in [2.75, 3.05) is 64.2 Å². The second-order valence-electron chi connectivity index (χ2n) is 7.58. The molecule has 0 unspecified atom stereocenters. The summed E-state index contributed by atoms with van der Waals surface area (Å²) in [5.74, 6) is 0.370. The fourth-order valence-corrected chi connectivity index (χ4v) is 3.33. The number of likely N-dealkylation sites (N-methyl/N-ethyl adjacent to an activating group) is 1. The number of ether oxygens (including phenoxy) is 2. The first-order valence-corrected chi connectivity index (χ1v) is 10.3. The molecule has 1 aliphatic heterocycles. The topological polar surface area (TPSA) is 83.1 Å². The van der Waals surface area contributed by atoms with Crippen molar-refractivity contribution in [3.05, 3.63) is 54.1 Å². The molecule has 2 aromatic rings. The Morgan fingerprint density at radius 2 is 1.45 bits per heavy atom. The lowest BCUT2D eigenvalue weighted by atomic mass is 10.2. The van der Waals surface area contributed by atoms with Crippen LogP contribution in [0.4, 0.5) is 11.4 Å². The van der Waals surface area contributed by atoms with Crippen LogP contribution in [-0.2, 0) is 20.9 Å². The van der Waals surface area contributed by atoms with Gasteiger partial charge in [0.15, 0.2) is 0 Å². The molecule has 1 heterocycles. The third-order valence-electron chi connectivity index (χ3n) is 4.95. The Kier molecular flexibility index (Phi) is 8.40. The molecule has 0 bridgehead atoms. The van der Waals surface area contributed by atoms with Gasteiger partial charge in [-0.25, -0.2) is 0 Å². The Hall–Kier alpha value is -2.94. The molecule has 166 valence electrons. The molecule has 31 heavy (non-hydrogen) atoms. The van der Waals surface area contributed by atoms with E-state index in [1.165, 1.54) is 5.56 Å². The number of rotatable bonds is 9. The van der Waals surface area contributed by atoms with E-state index >= 15 is 0 Å². The van der Waals surface area contributed by atoms with Gasteiger partial charge in [-0.1, -0.05) is 12.1 Å². The molecule has 0 spiro atoms. The van der Waals surface area contributed by atoms with Gasteiger partial charge in [-0.15, -0.1) is 0 Å². The summed E-state index contributed by atoms with van der Waals surface area (Å²) in [6.45, 7) is 4.54. The summed E-state index contributed by atoms with van der Waals surface area (Å²) in [6, 6.07) is 15.0.